The zero-order valence-electron chi connectivity index (χ0n) is 21.4. The molecule has 5 rings (SSSR count). The van der Waals surface area contributed by atoms with Gasteiger partial charge in [0.15, 0.2) is 21.5 Å². The Morgan fingerprint density at radius 3 is 2.62 bits per heavy atom. The van der Waals surface area contributed by atoms with Crippen molar-refractivity contribution in [1.29, 1.82) is 0 Å². The number of nitrogens with zero attached hydrogens (tertiary/aromatic N) is 5. The zero-order chi connectivity index (χ0) is 28.9. The molecule has 1 saturated heterocycles. The van der Waals surface area contributed by atoms with Crippen molar-refractivity contribution < 1.29 is 31.2 Å². The molecule has 1 spiro atoms. The second-order valence-electron chi connectivity index (χ2n) is 9.85. The summed E-state index contributed by atoms with van der Waals surface area (Å²) in [5.74, 6) is -1.98. The largest absolute Gasteiger partial charge is 0.416 e. The standard InChI is InChI=1S/C25H24F3N7O4S/c1-29-10-15-6-7-19(30-11-15)35-22(31-20(36)12-40(2,38)39)21-18(33-35)9-24(32-23(21)37)13-34(14-24)17-5-3-4-16(8-17)25(26,27)28/h3-8,10-11H,9,12-14H2,1-2H3,(H,31,36)(H,32,37). The average molecular weight is 576 g/mol. The summed E-state index contributed by atoms with van der Waals surface area (Å²) in [5, 5.41) is 9.97. The normalized spacial score (nSPS) is 16.5. The summed E-state index contributed by atoms with van der Waals surface area (Å²) in [6.07, 6.45) is -0.230. The van der Waals surface area contributed by atoms with E-state index in [0.29, 0.717) is 16.9 Å². The van der Waals surface area contributed by atoms with Crippen molar-refractivity contribution in [3.8, 4) is 5.82 Å². The first-order valence-corrected chi connectivity index (χ1v) is 14.1. The zero-order valence-corrected chi connectivity index (χ0v) is 22.2. The molecular weight excluding hydrogens is 551 g/mol. The second kappa shape index (κ2) is 9.73. The highest BCUT2D eigenvalue weighted by molar-refractivity contribution is 7.91. The lowest BCUT2D eigenvalue weighted by Gasteiger charge is -2.53. The molecule has 0 bridgehead atoms. The highest BCUT2D eigenvalue weighted by Gasteiger charge is 2.50. The number of carbonyl (C=O) groups is 2. The predicted molar refractivity (Wildman–Crippen MR) is 141 cm³/mol. The van der Waals surface area contributed by atoms with Gasteiger partial charge in [0, 0.05) is 56.5 Å². The number of sulfone groups is 1. The van der Waals surface area contributed by atoms with E-state index in [0.717, 1.165) is 18.4 Å². The van der Waals surface area contributed by atoms with Gasteiger partial charge in [-0.2, -0.15) is 23.0 Å². The number of aliphatic imine (C=N–C) groups is 1. The number of rotatable bonds is 6. The summed E-state index contributed by atoms with van der Waals surface area (Å²) < 4.78 is 64.2. The number of benzene rings is 1. The van der Waals surface area contributed by atoms with E-state index in [-0.39, 0.29) is 36.7 Å². The lowest BCUT2D eigenvalue weighted by atomic mass is 9.80. The van der Waals surface area contributed by atoms with Gasteiger partial charge in [-0.25, -0.2) is 13.4 Å². The fraction of sp³-hybridized carbons (Fsp3) is 0.320. The van der Waals surface area contributed by atoms with Crippen LogP contribution in [0.3, 0.4) is 0 Å². The van der Waals surface area contributed by atoms with E-state index in [4.69, 9.17) is 0 Å². The average Bonchev–Trinajstić information content (AvgIpc) is 3.19. The number of anilines is 2. The number of pyridine rings is 1. The Hall–Kier alpha value is -4.27. The maximum absolute atomic E-state index is 13.4. The Morgan fingerprint density at radius 1 is 1.25 bits per heavy atom. The molecule has 210 valence electrons. The molecule has 3 aromatic rings. The number of halogens is 3. The van der Waals surface area contributed by atoms with E-state index in [1.54, 1.807) is 36.4 Å². The molecule has 2 aliphatic rings. The third-order valence-corrected chi connectivity index (χ3v) is 7.30. The molecule has 15 heteroatoms. The van der Waals surface area contributed by atoms with Gasteiger partial charge in [-0.05, 0) is 30.3 Å². The number of carbonyl (C=O) groups excluding carboxylic acids is 2. The second-order valence-corrected chi connectivity index (χ2v) is 12.0. The van der Waals surface area contributed by atoms with Gasteiger partial charge < -0.3 is 15.5 Å². The van der Waals surface area contributed by atoms with E-state index < -0.39 is 44.7 Å². The fourth-order valence-electron chi connectivity index (χ4n) is 4.87. The fourth-order valence-corrected chi connectivity index (χ4v) is 5.41. The van der Waals surface area contributed by atoms with E-state index >= 15 is 0 Å². The van der Waals surface area contributed by atoms with Crippen LogP contribution in [0.15, 0.2) is 47.6 Å². The molecule has 2 aromatic heterocycles. The van der Waals surface area contributed by atoms with Crippen LogP contribution in [0.4, 0.5) is 24.7 Å². The number of nitrogens with one attached hydrogen (secondary N) is 2. The molecule has 0 radical (unpaired) electrons. The Labute approximate surface area is 227 Å². The van der Waals surface area contributed by atoms with Gasteiger partial charge >= 0.3 is 6.18 Å². The Morgan fingerprint density at radius 2 is 2.00 bits per heavy atom. The third-order valence-electron chi connectivity index (χ3n) is 6.51. The van der Waals surface area contributed by atoms with Crippen molar-refractivity contribution in [2.45, 2.75) is 18.1 Å². The summed E-state index contributed by atoms with van der Waals surface area (Å²) >= 11 is 0. The number of aromatic nitrogens is 3. The SMILES string of the molecule is CN=Cc1ccc(-n2nc3c(c2NC(=O)CS(C)(=O)=O)C(=O)NC2(C3)CN(c3cccc(C(F)(F)F)c3)C2)nc1. The van der Waals surface area contributed by atoms with Gasteiger partial charge in [-0.1, -0.05) is 6.07 Å². The molecule has 4 heterocycles. The summed E-state index contributed by atoms with van der Waals surface area (Å²) in [7, 11) is -2.05. The monoisotopic (exact) mass is 575 g/mol. The molecule has 0 aliphatic carbocycles. The van der Waals surface area contributed by atoms with Crippen LogP contribution < -0.4 is 15.5 Å². The Balaban J connectivity index is 1.46. The first kappa shape index (κ1) is 27.3. The van der Waals surface area contributed by atoms with Gasteiger partial charge in [-0.3, -0.25) is 14.6 Å². The maximum atomic E-state index is 13.4. The van der Waals surface area contributed by atoms with Crippen LogP contribution in [0.2, 0.25) is 0 Å². The van der Waals surface area contributed by atoms with Crippen molar-refractivity contribution >= 4 is 39.4 Å². The van der Waals surface area contributed by atoms with E-state index in [2.05, 4.69) is 25.7 Å². The first-order valence-electron chi connectivity index (χ1n) is 12.0. The van der Waals surface area contributed by atoms with Gasteiger partial charge in [0.1, 0.15) is 11.3 Å². The number of fused-ring (bicyclic) bond motifs is 1. The molecular formula is C25H24F3N7O4S. The molecule has 0 saturated carbocycles. The molecule has 1 fully saturated rings. The minimum Gasteiger partial charge on any atom is -0.367 e. The highest BCUT2D eigenvalue weighted by atomic mass is 32.2. The van der Waals surface area contributed by atoms with E-state index in [1.165, 1.54) is 16.9 Å². The lowest BCUT2D eigenvalue weighted by Crippen LogP contribution is -2.73. The van der Waals surface area contributed by atoms with Crippen LogP contribution in [0.25, 0.3) is 5.82 Å². The molecule has 1 aromatic carbocycles. The minimum absolute atomic E-state index is 0.0329. The van der Waals surface area contributed by atoms with Gasteiger partial charge in [0.2, 0.25) is 5.91 Å². The van der Waals surface area contributed by atoms with Crippen LogP contribution in [0, 0.1) is 0 Å². The van der Waals surface area contributed by atoms with Crippen LogP contribution >= 0.6 is 0 Å². The minimum atomic E-state index is -4.48. The Kier molecular flexibility index (Phi) is 6.64. The van der Waals surface area contributed by atoms with Gasteiger partial charge in [0.05, 0.1) is 16.8 Å². The van der Waals surface area contributed by atoms with E-state index in [1.807, 2.05) is 0 Å². The molecule has 2 N–H and O–H groups in total. The third kappa shape index (κ3) is 5.41. The van der Waals surface area contributed by atoms with Gasteiger partial charge in [-0.15, -0.1) is 0 Å². The molecule has 2 amide bonds. The van der Waals surface area contributed by atoms with Crippen LogP contribution in [-0.4, -0.2) is 78.9 Å². The number of amides is 2. The summed E-state index contributed by atoms with van der Waals surface area (Å²) in [4.78, 5) is 35.9. The summed E-state index contributed by atoms with van der Waals surface area (Å²) in [5.41, 5.74) is -0.0845. The number of hydrogen-bond donors (Lipinski definition) is 2. The van der Waals surface area contributed by atoms with E-state index in [9.17, 15) is 31.2 Å². The topological polar surface area (TPSA) is 139 Å². The van der Waals surface area contributed by atoms with Crippen molar-refractivity contribution in [1.82, 2.24) is 20.1 Å². The lowest BCUT2D eigenvalue weighted by molar-refractivity contribution is -0.137. The Bertz CT molecular complexity index is 1630. The first-order chi connectivity index (χ1) is 18.8. The van der Waals surface area contributed by atoms with Crippen molar-refractivity contribution in [3.05, 3.63) is 65.0 Å². The molecule has 40 heavy (non-hydrogen) atoms. The van der Waals surface area contributed by atoms with Crippen molar-refractivity contribution in [2.24, 2.45) is 4.99 Å². The molecule has 11 nitrogen and oxygen atoms in total. The quantitative estimate of drug-likeness (QED) is 0.428. The predicted octanol–water partition coefficient (Wildman–Crippen LogP) is 1.86. The smallest absolute Gasteiger partial charge is 0.367 e. The maximum Gasteiger partial charge on any atom is 0.416 e. The van der Waals surface area contributed by atoms with Crippen LogP contribution in [0.5, 0.6) is 0 Å². The highest BCUT2D eigenvalue weighted by Crippen LogP contribution is 2.38. The van der Waals surface area contributed by atoms with Crippen molar-refractivity contribution in [3.63, 3.8) is 0 Å². The number of hydrogen-bond acceptors (Lipinski definition) is 8. The molecule has 2 aliphatic heterocycles. The van der Waals surface area contributed by atoms with Crippen LogP contribution in [0.1, 0.15) is 27.2 Å². The molecule has 0 unspecified atom stereocenters. The van der Waals surface area contributed by atoms with Crippen molar-refractivity contribution in [2.75, 3.05) is 42.4 Å². The molecule has 0 atom stereocenters. The summed E-state index contributed by atoms with van der Waals surface area (Å²) in [6.45, 7) is 0.483. The number of alkyl halides is 3. The van der Waals surface area contributed by atoms with Gasteiger partial charge in [0.25, 0.3) is 5.91 Å². The summed E-state index contributed by atoms with van der Waals surface area (Å²) in [6, 6.07) is 8.27. The van der Waals surface area contributed by atoms with Crippen LogP contribution in [-0.2, 0) is 27.2 Å².